The molecule has 0 radical (unpaired) electrons. The molecule has 1 aromatic heterocycles. The highest BCUT2D eigenvalue weighted by atomic mass is 16.5. The maximum Gasteiger partial charge on any atom is 0.265 e. The standard InChI is InChI=1S/C19H20N4O4/c1-12-18(24)22-15-11-13(4-5-16(15)27-12)21-19(25)14-3-2-6-20-17(14)23-7-9-26-10-8-23/h2-6,11-12H,7-10H2,1H3,(H,21,25)(H,22,24)/t12-/m0/s1. The van der Waals surface area contributed by atoms with E-state index in [0.29, 0.717) is 54.8 Å². The lowest BCUT2D eigenvalue weighted by Crippen LogP contribution is -2.38. The minimum atomic E-state index is -0.538. The number of fused-ring (bicyclic) bond motifs is 1. The van der Waals surface area contributed by atoms with Gasteiger partial charge in [-0.05, 0) is 37.3 Å². The molecule has 0 saturated carbocycles. The molecule has 0 spiro atoms. The second-order valence-electron chi connectivity index (χ2n) is 6.39. The monoisotopic (exact) mass is 368 g/mol. The van der Waals surface area contributed by atoms with Crippen LogP contribution in [0.15, 0.2) is 36.5 Å². The van der Waals surface area contributed by atoms with Crippen molar-refractivity contribution >= 4 is 29.0 Å². The molecule has 0 aliphatic carbocycles. The van der Waals surface area contributed by atoms with Crippen molar-refractivity contribution in [3.63, 3.8) is 0 Å². The Bertz CT molecular complexity index is 880. The van der Waals surface area contributed by atoms with Crippen LogP contribution in [0, 0.1) is 0 Å². The first-order valence-electron chi connectivity index (χ1n) is 8.82. The van der Waals surface area contributed by atoms with Crippen molar-refractivity contribution in [2.45, 2.75) is 13.0 Å². The molecule has 2 amide bonds. The highest BCUT2D eigenvalue weighted by Crippen LogP contribution is 2.32. The molecular weight excluding hydrogens is 348 g/mol. The van der Waals surface area contributed by atoms with Gasteiger partial charge in [-0.1, -0.05) is 0 Å². The van der Waals surface area contributed by atoms with Gasteiger partial charge in [0.1, 0.15) is 11.6 Å². The van der Waals surface area contributed by atoms with Crippen LogP contribution >= 0.6 is 0 Å². The number of ether oxygens (including phenoxy) is 2. The van der Waals surface area contributed by atoms with Crippen LogP contribution < -0.4 is 20.3 Å². The maximum atomic E-state index is 12.8. The van der Waals surface area contributed by atoms with E-state index in [-0.39, 0.29) is 11.8 Å². The minimum absolute atomic E-state index is 0.215. The Morgan fingerprint density at radius 1 is 1.30 bits per heavy atom. The van der Waals surface area contributed by atoms with Crippen LogP contribution in [0.5, 0.6) is 5.75 Å². The predicted molar refractivity (Wildman–Crippen MR) is 100 cm³/mol. The van der Waals surface area contributed by atoms with E-state index < -0.39 is 6.10 Å². The second kappa shape index (κ2) is 7.24. The number of nitrogens with one attached hydrogen (secondary N) is 2. The molecule has 2 aliphatic heterocycles. The van der Waals surface area contributed by atoms with Crippen LogP contribution in [-0.2, 0) is 9.53 Å². The lowest BCUT2D eigenvalue weighted by Gasteiger charge is -2.29. The fourth-order valence-corrected chi connectivity index (χ4v) is 3.09. The summed E-state index contributed by atoms with van der Waals surface area (Å²) in [4.78, 5) is 31.0. The molecule has 8 heteroatoms. The van der Waals surface area contributed by atoms with Gasteiger partial charge < -0.3 is 25.0 Å². The number of amides is 2. The van der Waals surface area contributed by atoms with Crippen LogP contribution in [0.3, 0.4) is 0 Å². The fraction of sp³-hybridized carbons (Fsp3) is 0.316. The molecule has 8 nitrogen and oxygen atoms in total. The third kappa shape index (κ3) is 3.56. The topological polar surface area (TPSA) is 92.8 Å². The zero-order valence-electron chi connectivity index (χ0n) is 14.9. The van der Waals surface area contributed by atoms with Gasteiger partial charge in [-0.2, -0.15) is 0 Å². The number of benzene rings is 1. The van der Waals surface area contributed by atoms with E-state index in [0.717, 1.165) is 0 Å². The first-order valence-corrected chi connectivity index (χ1v) is 8.82. The van der Waals surface area contributed by atoms with Crippen LogP contribution in [0.4, 0.5) is 17.2 Å². The highest BCUT2D eigenvalue weighted by Gasteiger charge is 2.24. The van der Waals surface area contributed by atoms with Gasteiger partial charge in [0.15, 0.2) is 6.10 Å². The molecule has 0 bridgehead atoms. The predicted octanol–water partition coefficient (Wildman–Crippen LogP) is 1.89. The number of hydrogen-bond acceptors (Lipinski definition) is 6. The first kappa shape index (κ1) is 17.3. The average molecular weight is 368 g/mol. The number of nitrogens with zero attached hydrogens (tertiary/aromatic N) is 2. The second-order valence-corrected chi connectivity index (χ2v) is 6.39. The van der Waals surface area contributed by atoms with E-state index >= 15 is 0 Å². The van der Waals surface area contributed by atoms with E-state index in [4.69, 9.17) is 9.47 Å². The molecule has 4 rings (SSSR count). The summed E-state index contributed by atoms with van der Waals surface area (Å²) in [5.41, 5.74) is 1.59. The number of rotatable bonds is 3. The van der Waals surface area contributed by atoms with Gasteiger partial charge in [0.25, 0.3) is 11.8 Å². The van der Waals surface area contributed by atoms with Crippen molar-refractivity contribution in [1.29, 1.82) is 0 Å². The molecule has 2 aliphatic rings. The minimum Gasteiger partial charge on any atom is -0.479 e. The number of hydrogen-bond donors (Lipinski definition) is 2. The smallest absolute Gasteiger partial charge is 0.265 e. The first-order chi connectivity index (χ1) is 13.1. The van der Waals surface area contributed by atoms with Gasteiger partial charge >= 0.3 is 0 Å². The summed E-state index contributed by atoms with van der Waals surface area (Å²) in [5, 5.41) is 5.65. The van der Waals surface area contributed by atoms with Crippen LogP contribution in [0.25, 0.3) is 0 Å². The van der Waals surface area contributed by atoms with Crippen molar-refractivity contribution in [3.8, 4) is 5.75 Å². The van der Waals surface area contributed by atoms with Gasteiger partial charge in [0.05, 0.1) is 24.5 Å². The molecule has 1 atom stereocenters. The molecule has 1 saturated heterocycles. The number of carbonyl (C=O) groups is 2. The molecule has 0 unspecified atom stereocenters. The van der Waals surface area contributed by atoms with Crippen molar-refractivity contribution in [1.82, 2.24) is 4.98 Å². The molecule has 2 N–H and O–H groups in total. The summed E-state index contributed by atoms with van der Waals surface area (Å²) >= 11 is 0. The van der Waals surface area contributed by atoms with Crippen LogP contribution in [0.2, 0.25) is 0 Å². The Balaban J connectivity index is 1.55. The number of morpholine rings is 1. The van der Waals surface area contributed by atoms with Crippen LogP contribution in [0.1, 0.15) is 17.3 Å². The largest absolute Gasteiger partial charge is 0.479 e. The lowest BCUT2D eigenvalue weighted by molar-refractivity contribution is -0.122. The van der Waals surface area contributed by atoms with Crippen LogP contribution in [-0.4, -0.2) is 49.2 Å². The molecular formula is C19H20N4O4. The Kier molecular flexibility index (Phi) is 4.64. The van der Waals surface area contributed by atoms with Crippen molar-refractivity contribution in [2.24, 2.45) is 0 Å². The Morgan fingerprint density at radius 2 is 2.11 bits per heavy atom. The third-order valence-corrected chi connectivity index (χ3v) is 4.51. The quantitative estimate of drug-likeness (QED) is 0.860. The number of pyridine rings is 1. The van der Waals surface area contributed by atoms with E-state index in [1.807, 2.05) is 4.90 Å². The summed E-state index contributed by atoms with van der Waals surface area (Å²) in [6.07, 6.45) is 1.14. The summed E-state index contributed by atoms with van der Waals surface area (Å²) < 4.78 is 10.9. The van der Waals surface area contributed by atoms with E-state index in [1.54, 1.807) is 43.5 Å². The maximum absolute atomic E-state index is 12.8. The van der Waals surface area contributed by atoms with Crippen molar-refractivity contribution < 1.29 is 19.1 Å². The van der Waals surface area contributed by atoms with Crippen molar-refractivity contribution in [3.05, 3.63) is 42.1 Å². The van der Waals surface area contributed by atoms with Gasteiger partial charge in [0.2, 0.25) is 0 Å². The third-order valence-electron chi connectivity index (χ3n) is 4.51. The van der Waals surface area contributed by atoms with E-state index in [2.05, 4.69) is 15.6 Å². The average Bonchev–Trinajstić information content (AvgIpc) is 2.70. The summed E-state index contributed by atoms with van der Waals surface area (Å²) in [6, 6.07) is 8.64. The van der Waals surface area contributed by atoms with E-state index in [9.17, 15) is 9.59 Å². The number of carbonyl (C=O) groups excluding carboxylic acids is 2. The van der Waals surface area contributed by atoms with Gasteiger partial charge in [-0.3, -0.25) is 9.59 Å². The van der Waals surface area contributed by atoms with Crippen molar-refractivity contribution in [2.75, 3.05) is 41.8 Å². The summed E-state index contributed by atoms with van der Waals surface area (Å²) in [7, 11) is 0. The molecule has 1 fully saturated rings. The zero-order valence-corrected chi connectivity index (χ0v) is 14.9. The van der Waals surface area contributed by atoms with E-state index in [1.165, 1.54) is 0 Å². The number of anilines is 3. The van der Waals surface area contributed by atoms with Gasteiger partial charge in [0, 0.05) is 25.0 Å². The SMILES string of the molecule is C[C@@H]1Oc2ccc(NC(=O)c3cccnc3N3CCOCC3)cc2NC1=O. The summed E-state index contributed by atoms with van der Waals surface area (Å²) in [6.45, 7) is 4.29. The molecule has 1 aromatic carbocycles. The zero-order chi connectivity index (χ0) is 18.8. The highest BCUT2D eigenvalue weighted by molar-refractivity contribution is 6.08. The molecule has 140 valence electrons. The number of aromatic nitrogens is 1. The van der Waals surface area contributed by atoms with Gasteiger partial charge in [-0.15, -0.1) is 0 Å². The molecule has 27 heavy (non-hydrogen) atoms. The Hall–Kier alpha value is -3.13. The molecule has 3 heterocycles. The summed E-state index contributed by atoms with van der Waals surface area (Å²) in [5.74, 6) is 0.742. The Labute approximate surface area is 156 Å². The normalized spacial score (nSPS) is 18.9. The molecule has 2 aromatic rings. The fourth-order valence-electron chi connectivity index (χ4n) is 3.09. The van der Waals surface area contributed by atoms with Gasteiger partial charge in [-0.25, -0.2) is 4.98 Å². The Morgan fingerprint density at radius 3 is 2.93 bits per heavy atom. The lowest BCUT2D eigenvalue weighted by atomic mass is 10.2.